The molecular weight excluding hydrogens is 1040 g/mol. The number of carbonyl (C=O) groups is 3. The van der Waals surface area contributed by atoms with Crippen molar-refractivity contribution in [3.8, 4) is 34.6 Å². The molecule has 3 aromatic carbocycles. The van der Waals surface area contributed by atoms with Crippen LogP contribution in [0.1, 0.15) is 62.3 Å². The summed E-state index contributed by atoms with van der Waals surface area (Å²) in [5.41, 5.74) is 5.08. The van der Waals surface area contributed by atoms with Crippen molar-refractivity contribution in [2.24, 2.45) is 0 Å². The Kier molecular flexibility index (Phi) is 12.9. The molecule has 0 bridgehead atoms. The highest BCUT2D eigenvalue weighted by Crippen LogP contribution is 2.46. The molecule has 0 spiro atoms. The first-order chi connectivity index (χ1) is 36.8. The topological polar surface area (TPSA) is 231 Å². The number of nitrogens with one attached hydrogen (secondary N) is 1. The zero-order valence-corrected chi connectivity index (χ0v) is 43.5. The lowest BCUT2D eigenvalue weighted by molar-refractivity contribution is -0.172. The number of nitrogens with two attached hydrogens (primary N) is 1. The predicted molar refractivity (Wildman–Crippen MR) is 282 cm³/mol. The number of likely N-dealkylation sites (tertiary alicyclic amines) is 1. The van der Waals surface area contributed by atoms with E-state index in [1.54, 1.807) is 19.1 Å². The summed E-state index contributed by atoms with van der Waals surface area (Å²) in [6.07, 6.45) is -0.404. The van der Waals surface area contributed by atoms with E-state index < -0.39 is 58.7 Å². The van der Waals surface area contributed by atoms with E-state index >= 15 is 13.2 Å². The van der Waals surface area contributed by atoms with E-state index in [-0.39, 0.29) is 139 Å². The number of cyclic esters (lactones) is 1. The standard InChI is InChI=1S/C54H48ClF3N10O8S/c1-6-54(73)34-17-40-44-28(21-68(40)50(70)33(34)23-74-51(54)71)14-27-15-39(37(57)18-38(27)61-44)62-53(72)76-26(4)25(3)49(69)66-12-13-67(24(2)20-66)48-31-16-35(55)42(30-9-10-36(56)46-41(30)32(19-59)47(60)77-46)43(58)45(31)63-52(64-48)75-22-29-8-7-11-65(29)5/h9-10,14-18,24,26,29,73H,3,6-8,11-13,20-23,60H2,1-2,4-5H3,(H,62,72). The predicted octanol–water partition coefficient (Wildman–Crippen LogP) is 8.13. The summed E-state index contributed by atoms with van der Waals surface area (Å²) >= 11 is 7.82. The average Bonchev–Trinajstić information content (AvgIpc) is 4.23. The Hall–Kier alpha value is -7.84. The lowest BCUT2D eigenvalue weighted by atomic mass is 9.86. The number of thiophene rings is 1. The molecule has 23 heteroatoms. The van der Waals surface area contributed by atoms with Crippen molar-refractivity contribution >= 4 is 89.3 Å². The van der Waals surface area contributed by atoms with Crippen LogP contribution < -0.4 is 26.2 Å². The van der Waals surface area contributed by atoms with Gasteiger partial charge in [0.2, 0.25) is 0 Å². The molecule has 11 rings (SSSR count). The van der Waals surface area contributed by atoms with Crippen molar-refractivity contribution in [1.82, 2.24) is 29.3 Å². The van der Waals surface area contributed by atoms with Crippen LogP contribution in [0.3, 0.4) is 0 Å². The monoisotopic (exact) mass is 1090 g/mol. The third-order valence-electron chi connectivity index (χ3n) is 15.2. The van der Waals surface area contributed by atoms with E-state index in [2.05, 4.69) is 26.8 Å². The minimum atomic E-state index is -2.01. The highest BCUT2D eigenvalue weighted by Gasteiger charge is 2.45. The van der Waals surface area contributed by atoms with E-state index in [0.717, 1.165) is 36.8 Å². The number of aromatic nitrogens is 4. The highest BCUT2D eigenvalue weighted by molar-refractivity contribution is 7.23. The molecule has 7 aromatic rings. The number of hydrogen-bond acceptors (Lipinski definition) is 16. The molecule has 4 aliphatic rings. The molecule has 4 aliphatic heterocycles. The van der Waals surface area contributed by atoms with Crippen LogP contribution in [0, 0.1) is 28.8 Å². The summed E-state index contributed by atoms with van der Waals surface area (Å²) in [5, 5.41) is 24.4. The maximum absolute atomic E-state index is 17.3. The number of nitrogens with zero attached hydrogens (tertiary/aromatic N) is 8. The van der Waals surface area contributed by atoms with E-state index in [9.17, 15) is 29.5 Å². The summed E-state index contributed by atoms with van der Waals surface area (Å²) in [6.45, 7) is 10.2. The summed E-state index contributed by atoms with van der Waals surface area (Å²) in [7, 11) is 1.99. The van der Waals surface area contributed by atoms with Gasteiger partial charge in [-0.3, -0.25) is 14.9 Å². The SMILES string of the molecule is C=C(C(=O)N1CCN(c2nc(OCC3CCCN3C)nc3c(F)c(-c4ccc(F)c5sc(N)c(C#N)c45)c(Cl)cc23)C(C)C1)C(C)OC(=O)Nc1cc2cc3c(nc2cc1F)-c1cc2c(c(=O)n1C3)COC(=O)C2(O)CC. The first-order valence-electron chi connectivity index (χ1n) is 24.8. The van der Waals surface area contributed by atoms with Crippen molar-refractivity contribution in [3.63, 3.8) is 0 Å². The fourth-order valence-corrected chi connectivity index (χ4v) is 12.1. The number of ether oxygens (including phenoxy) is 3. The Bertz CT molecular complexity index is 3850. The van der Waals surface area contributed by atoms with Crippen molar-refractivity contribution in [2.45, 2.75) is 77.0 Å². The molecule has 2 saturated heterocycles. The molecule has 396 valence electrons. The Morgan fingerprint density at radius 3 is 2.64 bits per heavy atom. The Labute approximate surface area is 446 Å². The summed E-state index contributed by atoms with van der Waals surface area (Å²) in [5.74, 6) is -3.42. The number of nitrogen functional groups attached to an aromatic ring is 1. The van der Waals surface area contributed by atoms with Gasteiger partial charge in [0.05, 0.1) is 55.6 Å². The van der Waals surface area contributed by atoms with Crippen molar-refractivity contribution < 1.29 is 46.9 Å². The van der Waals surface area contributed by atoms with E-state index in [1.165, 1.54) is 40.7 Å². The van der Waals surface area contributed by atoms with E-state index in [0.29, 0.717) is 22.3 Å². The molecule has 8 heterocycles. The van der Waals surface area contributed by atoms with Crippen LogP contribution in [0.15, 0.2) is 59.4 Å². The van der Waals surface area contributed by atoms with E-state index in [1.807, 2.05) is 24.9 Å². The van der Waals surface area contributed by atoms with Gasteiger partial charge in [-0.1, -0.05) is 31.2 Å². The maximum atomic E-state index is 17.3. The van der Waals surface area contributed by atoms with E-state index in [4.69, 9.17) is 36.5 Å². The molecule has 4 N–H and O–H groups in total. The number of halogens is 4. The van der Waals surface area contributed by atoms with Crippen LogP contribution in [-0.4, -0.2) is 110 Å². The summed E-state index contributed by atoms with van der Waals surface area (Å²) in [6, 6.07) is 11.3. The Morgan fingerprint density at radius 2 is 1.91 bits per heavy atom. The number of carbonyl (C=O) groups excluding carboxylic acids is 3. The first kappa shape index (κ1) is 51.3. The third kappa shape index (κ3) is 8.52. The number of likely N-dealkylation sites (N-methyl/N-ethyl adjacent to an activating group) is 1. The number of esters is 1. The summed E-state index contributed by atoms with van der Waals surface area (Å²) < 4.78 is 66.5. The normalized spacial score (nSPS) is 19.5. The van der Waals surface area contributed by atoms with Gasteiger partial charge in [0.25, 0.3) is 11.5 Å². The minimum Gasteiger partial charge on any atom is -0.462 e. The van der Waals surface area contributed by atoms with Crippen LogP contribution in [-0.2, 0) is 37.8 Å². The Morgan fingerprint density at radius 1 is 1.12 bits per heavy atom. The number of anilines is 3. The third-order valence-corrected chi connectivity index (χ3v) is 16.5. The van der Waals surface area contributed by atoms with Crippen LogP contribution in [0.2, 0.25) is 5.02 Å². The van der Waals surface area contributed by atoms with Crippen LogP contribution in [0.4, 0.5) is 34.5 Å². The number of benzene rings is 3. The fourth-order valence-electron chi connectivity index (χ4n) is 10.9. The zero-order valence-electron chi connectivity index (χ0n) is 41.9. The first-order valence-corrected chi connectivity index (χ1v) is 26.0. The molecule has 2 amide bonds. The van der Waals surface area contributed by atoms with Crippen LogP contribution >= 0.6 is 22.9 Å². The van der Waals surface area contributed by atoms with Gasteiger partial charge >= 0.3 is 18.1 Å². The van der Waals surface area contributed by atoms with Gasteiger partial charge in [0, 0.05) is 70.6 Å². The number of aliphatic hydroxyl groups is 1. The number of hydrogen-bond donors (Lipinski definition) is 3. The minimum absolute atomic E-state index is 0.00503. The van der Waals surface area contributed by atoms with Crippen molar-refractivity contribution in [2.75, 3.05) is 55.8 Å². The molecule has 77 heavy (non-hydrogen) atoms. The van der Waals surface area contributed by atoms with Crippen LogP contribution in [0.25, 0.3) is 54.4 Å². The molecule has 4 atom stereocenters. The second kappa shape index (κ2) is 19.3. The molecule has 2 fully saturated rings. The van der Waals surface area contributed by atoms with Crippen LogP contribution in [0.5, 0.6) is 6.01 Å². The number of piperazine rings is 1. The molecular formula is C54H48ClF3N10O8S. The molecule has 4 aromatic heterocycles. The highest BCUT2D eigenvalue weighted by atomic mass is 35.5. The van der Waals surface area contributed by atoms with Gasteiger partial charge in [-0.05, 0) is 82.6 Å². The summed E-state index contributed by atoms with van der Waals surface area (Å²) in [4.78, 5) is 73.1. The van der Waals surface area contributed by atoms with Gasteiger partial charge in [-0.2, -0.15) is 15.2 Å². The maximum Gasteiger partial charge on any atom is 0.412 e. The average molecular weight is 1090 g/mol. The molecule has 0 radical (unpaired) electrons. The molecule has 0 saturated carbocycles. The quantitative estimate of drug-likeness (QED) is 0.0867. The molecule has 4 unspecified atom stereocenters. The fraction of sp³-hybridized carbons (Fsp3) is 0.333. The Balaban J connectivity index is 0.802. The van der Waals surface area contributed by atoms with Crippen molar-refractivity contribution in [1.29, 1.82) is 5.26 Å². The number of nitriles is 1. The van der Waals surface area contributed by atoms with Crippen molar-refractivity contribution in [3.05, 3.63) is 110 Å². The second-order valence-corrected chi connectivity index (χ2v) is 21.2. The number of fused-ring (bicyclic) bond motifs is 7. The lowest BCUT2D eigenvalue weighted by Gasteiger charge is -2.41. The van der Waals surface area contributed by atoms with Gasteiger partial charge < -0.3 is 44.3 Å². The van der Waals surface area contributed by atoms with Gasteiger partial charge in [-0.15, -0.1) is 11.3 Å². The molecule has 18 nitrogen and oxygen atoms in total. The van der Waals surface area contributed by atoms with Gasteiger partial charge in [0.15, 0.2) is 11.4 Å². The smallest absolute Gasteiger partial charge is 0.412 e. The van der Waals surface area contributed by atoms with Gasteiger partial charge in [0.1, 0.15) is 53.4 Å². The molecule has 0 aliphatic carbocycles. The second-order valence-electron chi connectivity index (χ2n) is 19.7. The number of rotatable bonds is 10. The lowest BCUT2D eigenvalue weighted by Crippen LogP contribution is -2.54. The number of pyridine rings is 2. The van der Waals surface area contributed by atoms with Gasteiger partial charge in [-0.25, -0.2) is 27.7 Å². The largest absolute Gasteiger partial charge is 0.462 e. The zero-order chi connectivity index (χ0) is 54.5. The number of amides is 2.